The van der Waals surface area contributed by atoms with Crippen LogP contribution in [-0.4, -0.2) is 44.2 Å². The minimum atomic E-state index is -1.80. The molecule has 1 aromatic rings. The first-order valence-corrected chi connectivity index (χ1v) is 5.76. The van der Waals surface area contributed by atoms with Gasteiger partial charge >= 0.3 is 0 Å². The fourth-order valence-electron chi connectivity index (χ4n) is 1.97. The van der Waals surface area contributed by atoms with Gasteiger partial charge in [0.1, 0.15) is 17.5 Å². The van der Waals surface area contributed by atoms with Crippen molar-refractivity contribution >= 4 is 18.0 Å². The molecule has 1 saturated heterocycles. The second-order valence-electron chi connectivity index (χ2n) is 4.38. The van der Waals surface area contributed by atoms with E-state index in [-0.39, 0.29) is 10.6 Å². The first kappa shape index (κ1) is 13.3. The molecular weight excluding hydrogens is 261 g/mol. The molecule has 0 aromatic carbocycles. The smallest absolute Gasteiger partial charge is 0.203 e. The van der Waals surface area contributed by atoms with Gasteiger partial charge in [-0.15, -0.1) is 0 Å². The number of rotatable bonds is 2. The summed E-state index contributed by atoms with van der Waals surface area (Å²) in [5, 5.41) is 19.1. The highest BCUT2D eigenvalue weighted by Gasteiger charge is 2.54. The van der Waals surface area contributed by atoms with Gasteiger partial charge in [-0.25, -0.2) is 9.37 Å². The zero-order valence-corrected chi connectivity index (χ0v) is 10.5. The molecule has 8 heteroatoms. The topological polar surface area (TPSA) is 93.5 Å². The normalized spacial score (nSPS) is 35.9. The van der Waals surface area contributed by atoms with E-state index in [0.29, 0.717) is 0 Å². The average molecular weight is 275 g/mol. The van der Waals surface area contributed by atoms with Gasteiger partial charge in [0.05, 0.1) is 6.61 Å². The van der Waals surface area contributed by atoms with Crippen LogP contribution in [0, 0.1) is 4.77 Å². The van der Waals surface area contributed by atoms with Crippen LogP contribution in [0.25, 0.3) is 0 Å². The Balaban J connectivity index is 2.42. The van der Waals surface area contributed by atoms with Gasteiger partial charge in [-0.3, -0.25) is 4.57 Å². The van der Waals surface area contributed by atoms with E-state index in [1.165, 1.54) is 23.8 Å². The van der Waals surface area contributed by atoms with Crippen molar-refractivity contribution in [3.63, 3.8) is 0 Å². The first-order chi connectivity index (χ1) is 8.37. The Morgan fingerprint density at radius 1 is 1.72 bits per heavy atom. The van der Waals surface area contributed by atoms with Crippen molar-refractivity contribution in [2.45, 2.75) is 31.0 Å². The predicted octanol–water partition coefficient (Wildman–Crippen LogP) is 0.174. The Morgan fingerprint density at radius 2 is 2.39 bits per heavy atom. The number of nitrogens with two attached hydrogens (primary N) is 1. The van der Waals surface area contributed by atoms with E-state index in [1.54, 1.807) is 0 Å². The fourth-order valence-corrected chi connectivity index (χ4v) is 2.23. The third kappa shape index (κ3) is 2.01. The standard InChI is InChI=1S/C10H14FN3O3S/c1-10(16)7(11)5(4-15)17-8(10)14-3-2-6(12)13-9(14)18/h2-3,5,7-8,15-16H,4H2,1H3,(H2,12,13,18)/t5?,7-,8?,10?/m0/s1. The SMILES string of the molecule is CC1(O)C(n2ccc(N)nc2=S)OC(CO)[C@@H]1F. The van der Waals surface area contributed by atoms with Gasteiger partial charge < -0.3 is 20.7 Å². The minimum absolute atomic E-state index is 0.0751. The summed E-state index contributed by atoms with van der Waals surface area (Å²) in [6.45, 7) is 0.764. The van der Waals surface area contributed by atoms with Crippen molar-refractivity contribution in [3.05, 3.63) is 17.0 Å². The molecule has 0 saturated carbocycles. The zero-order valence-electron chi connectivity index (χ0n) is 9.65. The lowest BCUT2D eigenvalue weighted by molar-refractivity contribution is -0.0923. The summed E-state index contributed by atoms with van der Waals surface area (Å²) in [7, 11) is 0. The molecular formula is C10H14FN3O3S. The molecule has 2 heterocycles. The molecule has 4 atom stereocenters. The van der Waals surface area contributed by atoms with E-state index in [9.17, 15) is 9.50 Å². The Morgan fingerprint density at radius 3 is 2.89 bits per heavy atom. The first-order valence-electron chi connectivity index (χ1n) is 5.35. The van der Waals surface area contributed by atoms with Crippen LogP contribution in [0.5, 0.6) is 0 Å². The fraction of sp³-hybridized carbons (Fsp3) is 0.600. The number of ether oxygens (including phenoxy) is 1. The highest BCUT2D eigenvalue weighted by Crippen LogP contribution is 2.39. The van der Waals surface area contributed by atoms with Gasteiger partial charge in [-0.05, 0) is 25.2 Å². The number of aliphatic hydroxyl groups excluding tert-OH is 1. The van der Waals surface area contributed by atoms with Crippen LogP contribution in [0.3, 0.4) is 0 Å². The lowest BCUT2D eigenvalue weighted by Gasteiger charge is -2.26. The van der Waals surface area contributed by atoms with Crippen LogP contribution in [0.4, 0.5) is 10.2 Å². The van der Waals surface area contributed by atoms with Crippen LogP contribution in [0.15, 0.2) is 12.3 Å². The Kier molecular flexibility index (Phi) is 3.37. The van der Waals surface area contributed by atoms with E-state index in [4.69, 9.17) is 27.8 Å². The number of aromatic nitrogens is 2. The summed E-state index contributed by atoms with van der Waals surface area (Å²) >= 11 is 4.99. The zero-order chi connectivity index (χ0) is 13.5. The summed E-state index contributed by atoms with van der Waals surface area (Å²) in [5.74, 6) is 0.226. The summed E-state index contributed by atoms with van der Waals surface area (Å²) < 4.78 is 20.6. The Hall–Kier alpha value is -1.09. The van der Waals surface area contributed by atoms with E-state index in [2.05, 4.69) is 4.98 Å². The van der Waals surface area contributed by atoms with Gasteiger partial charge in [0.25, 0.3) is 0 Å². The van der Waals surface area contributed by atoms with E-state index >= 15 is 0 Å². The Labute approximate surface area is 108 Å². The maximum Gasteiger partial charge on any atom is 0.203 e. The van der Waals surface area contributed by atoms with Crippen LogP contribution >= 0.6 is 12.2 Å². The number of alkyl halides is 1. The maximum absolute atomic E-state index is 13.9. The van der Waals surface area contributed by atoms with Crippen LogP contribution in [0.1, 0.15) is 13.2 Å². The van der Waals surface area contributed by atoms with Crippen molar-refractivity contribution in [2.24, 2.45) is 0 Å². The second kappa shape index (κ2) is 4.54. The molecule has 100 valence electrons. The van der Waals surface area contributed by atoms with E-state index < -0.39 is 30.7 Å². The minimum Gasteiger partial charge on any atom is -0.394 e. The van der Waals surface area contributed by atoms with Gasteiger partial charge in [0, 0.05) is 6.20 Å². The van der Waals surface area contributed by atoms with Crippen molar-refractivity contribution in [1.29, 1.82) is 0 Å². The van der Waals surface area contributed by atoms with E-state index in [0.717, 1.165) is 0 Å². The number of nitrogens with zero attached hydrogens (tertiary/aromatic N) is 2. The van der Waals surface area contributed by atoms with Crippen LogP contribution in [-0.2, 0) is 4.74 Å². The number of hydrogen-bond donors (Lipinski definition) is 3. The summed E-state index contributed by atoms with van der Waals surface area (Å²) in [6, 6.07) is 1.47. The second-order valence-corrected chi connectivity index (χ2v) is 4.74. The molecule has 6 nitrogen and oxygen atoms in total. The molecule has 0 aliphatic carbocycles. The number of aliphatic hydroxyl groups is 2. The lowest BCUT2D eigenvalue weighted by atomic mass is 9.98. The quantitative estimate of drug-likeness (QED) is 0.666. The van der Waals surface area contributed by atoms with Crippen molar-refractivity contribution in [2.75, 3.05) is 12.3 Å². The molecule has 1 aromatic heterocycles. The molecule has 0 spiro atoms. The largest absolute Gasteiger partial charge is 0.394 e. The van der Waals surface area contributed by atoms with Gasteiger partial charge in [0.15, 0.2) is 12.4 Å². The van der Waals surface area contributed by atoms with Crippen LogP contribution < -0.4 is 5.73 Å². The van der Waals surface area contributed by atoms with Crippen molar-refractivity contribution in [1.82, 2.24) is 9.55 Å². The summed E-state index contributed by atoms with van der Waals surface area (Å²) in [5.41, 5.74) is 3.66. The van der Waals surface area contributed by atoms with Crippen molar-refractivity contribution < 1.29 is 19.3 Å². The third-order valence-electron chi connectivity index (χ3n) is 2.97. The van der Waals surface area contributed by atoms with Gasteiger partial charge in [-0.1, -0.05) is 0 Å². The molecule has 1 fully saturated rings. The number of halogens is 1. The molecule has 2 rings (SSSR count). The van der Waals surface area contributed by atoms with Gasteiger partial charge in [-0.2, -0.15) is 0 Å². The highest BCUT2D eigenvalue weighted by atomic mass is 32.1. The highest BCUT2D eigenvalue weighted by molar-refractivity contribution is 7.71. The molecule has 1 aliphatic heterocycles. The molecule has 0 amide bonds. The maximum atomic E-state index is 13.9. The summed E-state index contributed by atoms with van der Waals surface area (Å²) in [6.07, 6.45) is -2.39. The lowest BCUT2D eigenvalue weighted by Crippen LogP contribution is -2.41. The monoisotopic (exact) mass is 275 g/mol. The average Bonchev–Trinajstić information content (AvgIpc) is 2.52. The molecule has 1 aliphatic rings. The molecule has 0 bridgehead atoms. The van der Waals surface area contributed by atoms with E-state index in [1.807, 2.05) is 0 Å². The van der Waals surface area contributed by atoms with Gasteiger partial charge in [0.2, 0.25) is 4.77 Å². The molecule has 3 unspecified atom stereocenters. The van der Waals surface area contributed by atoms with Crippen molar-refractivity contribution in [3.8, 4) is 0 Å². The molecule has 0 radical (unpaired) electrons. The number of hydrogen-bond acceptors (Lipinski definition) is 6. The Bertz CT molecular complexity index is 507. The van der Waals surface area contributed by atoms with Crippen LogP contribution in [0.2, 0.25) is 0 Å². The third-order valence-corrected chi connectivity index (χ3v) is 3.27. The molecule has 18 heavy (non-hydrogen) atoms. The summed E-state index contributed by atoms with van der Waals surface area (Å²) in [4.78, 5) is 3.84. The predicted molar refractivity (Wildman–Crippen MR) is 64.0 cm³/mol. The number of anilines is 1. The number of nitrogen functional groups attached to an aromatic ring is 1. The molecule has 4 N–H and O–H groups in total.